The highest BCUT2D eigenvalue weighted by molar-refractivity contribution is 6.83. The van der Waals surface area contributed by atoms with Gasteiger partial charge in [-0.05, 0) is 22.2 Å². The normalized spacial score (nSPS) is 27.5. The molecule has 3 unspecified atom stereocenters. The summed E-state index contributed by atoms with van der Waals surface area (Å²) in [5.41, 5.74) is 8.42. The molecule has 2 aliphatic heterocycles. The fraction of sp³-hybridized carbons (Fsp3) is 0.773. The first-order chi connectivity index (χ1) is 15.5. The standard InChI is InChI=1S/C22H39N5O4Si2/c1-13(2)32(14(3)4)28-10-18-17(30-33(31-32,15(5)6)16(7)8)9-19(29-18)27-12-26-20-21(23)24-11-25-22(20)27/h11-19H,9-10H2,1-8H3,(H2,23,24,25). The zero-order chi connectivity index (χ0) is 24.1. The third-order valence-corrected chi connectivity index (χ3v) is 17.5. The summed E-state index contributed by atoms with van der Waals surface area (Å²) < 4.78 is 29.7. The van der Waals surface area contributed by atoms with E-state index in [2.05, 4.69) is 70.3 Å². The van der Waals surface area contributed by atoms with Gasteiger partial charge in [0.05, 0.1) is 19.0 Å². The number of ether oxygens (including phenoxy) is 1. The molecule has 2 aliphatic rings. The highest BCUT2D eigenvalue weighted by Gasteiger charge is 2.60. The van der Waals surface area contributed by atoms with Crippen LogP contribution in [-0.4, -0.2) is 55.5 Å². The number of nitrogen functional groups attached to an aromatic ring is 1. The quantitative estimate of drug-likeness (QED) is 0.600. The largest absolute Gasteiger partial charge is 0.414 e. The molecule has 4 heterocycles. The van der Waals surface area contributed by atoms with E-state index in [1.54, 1.807) is 6.33 Å². The summed E-state index contributed by atoms with van der Waals surface area (Å²) in [6.45, 7) is 18.3. The van der Waals surface area contributed by atoms with E-state index in [4.69, 9.17) is 23.4 Å². The van der Waals surface area contributed by atoms with Crippen LogP contribution in [0.1, 0.15) is 68.0 Å². The average Bonchev–Trinajstić information content (AvgIpc) is 3.32. The summed E-state index contributed by atoms with van der Waals surface area (Å²) in [6.07, 6.45) is 3.31. The molecule has 11 heteroatoms. The van der Waals surface area contributed by atoms with Gasteiger partial charge in [0.2, 0.25) is 0 Å². The minimum absolute atomic E-state index is 0.116. The van der Waals surface area contributed by atoms with Crippen molar-refractivity contribution >= 4 is 34.1 Å². The molecule has 0 aliphatic carbocycles. The monoisotopic (exact) mass is 493 g/mol. The lowest BCUT2D eigenvalue weighted by Gasteiger charge is -2.51. The van der Waals surface area contributed by atoms with Crippen molar-refractivity contribution in [3.05, 3.63) is 12.7 Å². The predicted molar refractivity (Wildman–Crippen MR) is 132 cm³/mol. The Hall–Kier alpha value is -1.38. The Kier molecular flexibility index (Phi) is 6.75. The van der Waals surface area contributed by atoms with Gasteiger partial charge < -0.3 is 23.4 Å². The summed E-state index contributed by atoms with van der Waals surface area (Å²) in [5, 5.41) is 0. The number of nitrogens with two attached hydrogens (primary N) is 1. The third-order valence-electron chi connectivity index (χ3n) is 7.22. The van der Waals surface area contributed by atoms with Crippen LogP contribution >= 0.6 is 0 Å². The summed E-state index contributed by atoms with van der Waals surface area (Å²) in [5.74, 6) is 0.367. The van der Waals surface area contributed by atoms with Crippen molar-refractivity contribution in [1.82, 2.24) is 19.5 Å². The molecule has 2 aromatic heterocycles. The Morgan fingerprint density at radius 3 is 2.15 bits per heavy atom. The zero-order valence-corrected chi connectivity index (χ0v) is 23.1. The van der Waals surface area contributed by atoms with E-state index in [0.717, 1.165) is 0 Å². The molecule has 33 heavy (non-hydrogen) atoms. The molecule has 0 aromatic carbocycles. The summed E-state index contributed by atoms with van der Waals surface area (Å²) in [4.78, 5) is 12.9. The number of imidazole rings is 1. The highest BCUT2D eigenvalue weighted by Crippen LogP contribution is 2.48. The Morgan fingerprint density at radius 1 is 0.909 bits per heavy atom. The smallest absolute Gasteiger partial charge is 0.335 e. The van der Waals surface area contributed by atoms with Crippen LogP contribution in [0.15, 0.2) is 12.7 Å². The van der Waals surface area contributed by atoms with Gasteiger partial charge in [-0.15, -0.1) is 0 Å². The van der Waals surface area contributed by atoms with Gasteiger partial charge in [0.15, 0.2) is 11.5 Å². The SMILES string of the molecule is CC(C)[Si]1(C(C)C)OCC2OC(n3cnc4c(N)ncnc43)CC2O[Si](C(C)C)(C(C)C)O1. The lowest BCUT2D eigenvalue weighted by molar-refractivity contribution is -0.0544. The predicted octanol–water partition coefficient (Wildman–Crippen LogP) is 4.65. The molecule has 2 saturated heterocycles. The third kappa shape index (κ3) is 4.06. The Balaban J connectivity index is 1.72. The maximum atomic E-state index is 7.25. The second kappa shape index (κ2) is 9.01. The number of hydrogen-bond acceptors (Lipinski definition) is 8. The number of fused-ring (bicyclic) bond motifs is 2. The Morgan fingerprint density at radius 2 is 1.55 bits per heavy atom. The van der Waals surface area contributed by atoms with Crippen molar-refractivity contribution in [2.75, 3.05) is 12.3 Å². The first-order valence-corrected chi connectivity index (χ1v) is 16.1. The first kappa shape index (κ1) is 24.7. The molecule has 0 spiro atoms. The lowest BCUT2D eigenvalue weighted by Crippen LogP contribution is -2.65. The van der Waals surface area contributed by atoms with Crippen LogP contribution in [0.4, 0.5) is 5.82 Å². The number of rotatable bonds is 5. The molecule has 3 atom stereocenters. The zero-order valence-electron chi connectivity index (χ0n) is 21.1. The molecule has 0 saturated carbocycles. The van der Waals surface area contributed by atoms with Gasteiger partial charge in [-0.25, -0.2) is 15.0 Å². The van der Waals surface area contributed by atoms with Gasteiger partial charge in [-0.3, -0.25) is 4.57 Å². The van der Waals surface area contributed by atoms with E-state index in [0.29, 0.717) is 41.1 Å². The lowest BCUT2D eigenvalue weighted by atomic mass is 10.2. The van der Waals surface area contributed by atoms with E-state index >= 15 is 0 Å². The van der Waals surface area contributed by atoms with Crippen molar-refractivity contribution in [3.8, 4) is 0 Å². The topological polar surface area (TPSA) is 107 Å². The van der Waals surface area contributed by atoms with Gasteiger partial charge in [-0.1, -0.05) is 55.4 Å². The van der Waals surface area contributed by atoms with Crippen molar-refractivity contribution in [2.45, 2.75) is 102 Å². The number of aromatic nitrogens is 4. The summed E-state index contributed by atoms with van der Waals surface area (Å²) in [6, 6.07) is 0. The van der Waals surface area contributed by atoms with Crippen molar-refractivity contribution < 1.29 is 17.7 Å². The maximum absolute atomic E-state index is 7.25. The van der Waals surface area contributed by atoms with E-state index in [1.165, 1.54) is 6.33 Å². The Labute approximate surface area is 198 Å². The fourth-order valence-corrected chi connectivity index (χ4v) is 16.6. The van der Waals surface area contributed by atoms with Crippen LogP contribution < -0.4 is 5.73 Å². The van der Waals surface area contributed by atoms with E-state index in [-0.39, 0.29) is 29.5 Å². The average molecular weight is 494 g/mol. The van der Waals surface area contributed by atoms with Crippen LogP contribution in [0.5, 0.6) is 0 Å². The van der Waals surface area contributed by atoms with Gasteiger partial charge in [0.25, 0.3) is 0 Å². The summed E-state index contributed by atoms with van der Waals surface area (Å²) in [7, 11) is -5.24. The van der Waals surface area contributed by atoms with Crippen LogP contribution in [0.2, 0.25) is 22.2 Å². The highest BCUT2D eigenvalue weighted by atomic mass is 28.5. The van der Waals surface area contributed by atoms with Gasteiger partial charge in [-0.2, -0.15) is 0 Å². The molecule has 9 nitrogen and oxygen atoms in total. The van der Waals surface area contributed by atoms with Crippen molar-refractivity contribution in [2.24, 2.45) is 0 Å². The van der Waals surface area contributed by atoms with Crippen LogP contribution in [0.3, 0.4) is 0 Å². The minimum atomic E-state index is -2.66. The van der Waals surface area contributed by atoms with Gasteiger partial charge >= 0.3 is 17.1 Å². The fourth-order valence-electron chi connectivity index (χ4n) is 5.39. The van der Waals surface area contributed by atoms with Gasteiger partial charge in [0.1, 0.15) is 24.2 Å². The van der Waals surface area contributed by atoms with Crippen molar-refractivity contribution in [3.63, 3.8) is 0 Å². The second-order valence-corrected chi connectivity index (χ2v) is 19.4. The second-order valence-electron chi connectivity index (χ2n) is 10.6. The number of anilines is 1. The molecule has 0 bridgehead atoms. The van der Waals surface area contributed by atoms with E-state index < -0.39 is 17.1 Å². The number of nitrogens with zero attached hydrogens (tertiary/aromatic N) is 4. The van der Waals surface area contributed by atoms with Crippen LogP contribution in [0.25, 0.3) is 11.2 Å². The molecule has 0 amide bonds. The summed E-state index contributed by atoms with van der Waals surface area (Å²) >= 11 is 0. The molecule has 2 N–H and O–H groups in total. The molecule has 184 valence electrons. The van der Waals surface area contributed by atoms with Crippen molar-refractivity contribution in [1.29, 1.82) is 0 Å². The maximum Gasteiger partial charge on any atom is 0.335 e. The Bertz CT molecular complexity index is 967. The van der Waals surface area contributed by atoms with E-state index in [9.17, 15) is 0 Å². The molecular weight excluding hydrogens is 454 g/mol. The van der Waals surface area contributed by atoms with Crippen LogP contribution in [-0.2, 0) is 17.7 Å². The van der Waals surface area contributed by atoms with Crippen LogP contribution in [0, 0.1) is 0 Å². The molecule has 2 fully saturated rings. The van der Waals surface area contributed by atoms with E-state index in [1.807, 2.05) is 4.57 Å². The molecule has 4 rings (SSSR count). The molecule has 2 aromatic rings. The van der Waals surface area contributed by atoms with Gasteiger partial charge in [0, 0.05) is 6.42 Å². The first-order valence-electron chi connectivity index (χ1n) is 12.1. The molecular formula is C22H39N5O4Si2. The molecule has 0 radical (unpaired) electrons. The number of hydrogen-bond donors (Lipinski definition) is 1. The minimum Gasteiger partial charge on any atom is -0.414 e.